The normalized spacial score (nSPS) is 14.1. The Labute approximate surface area is 105 Å². The van der Waals surface area contributed by atoms with Crippen LogP contribution in [0.4, 0.5) is 0 Å². The van der Waals surface area contributed by atoms with Gasteiger partial charge in [0.05, 0.1) is 17.5 Å². The number of nitrogens with two attached hydrogens (primary N) is 1. The van der Waals surface area contributed by atoms with Crippen molar-refractivity contribution in [2.45, 2.75) is 18.8 Å². The Morgan fingerprint density at radius 1 is 1.59 bits per heavy atom. The molecule has 0 aliphatic carbocycles. The lowest BCUT2D eigenvalue weighted by molar-refractivity contribution is -0.143. The van der Waals surface area contributed by atoms with Crippen molar-refractivity contribution in [3.05, 3.63) is 28.8 Å². The van der Waals surface area contributed by atoms with Gasteiger partial charge in [-0.2, -0.15) is 0 Å². The average Bonchev–Trinajstić information content (AvgIpc) is 2.28. The van der Waals surface area contributed by atoms with Crippen LogP contribution in [0.1, 0.15) is 18.9 Å². The summed E-state index contributed by atoms with van der Waals surface area (Å²) in [5, 5.41) is 9.70. The van der Waals surface area contributed by atoms with Gasteiger partial charge in [-0.05, 0) is 37.6 Å². The molecule has 1 unspecified atom stereocenters. The van der Waals surface area contributed by atoms with E-state index in [1.165, 1.54) is 7.11 Å². The van der Waals surface area contributed by atoms with Gasteiger partial charge in [-0.15, -0.1) is 0 Å². The van der Waals surface area contributed by atoms with E-state index in [1.54, 1.807) is 25.1 Å². The first-order chi connectivity index (χ1) is 7.95. The SMILES string of the molecule is COc1ccc(C(C)(CCN)C(=O)O)cc1Cl. The molecule has 4 nitrogen and oxygen atoms in total. The molecule has 0 bridgehead atoms. The highest BCUT2D eigenvalue weighted by Crippen LogP contribution is 2.33. The highest BCUT2D eigenvalue weighted by atomic mass is 35.5. The van der Waals surface area contributed by atoms with Crippen molar-refractivity contribution < 1.29 is 14.6 Å². The Morgan fingerprint density at radius 2 is 2.24 bits per heavy atom. The molecular weight excluding hydrogens is 242 g/mol. The number of methoxy groups -OCH3 is 1. The van der Waals surface area contributed by atoms with Crippen molar-refractivity contribution in [3.8, 4) is 5.75 Å². The predicted octanol–water partition coefficient (Wildman–Crippen LogP) is 2.04. The third kappa shape index (κ3) is 2.70. The second kappa shape index (κ2) is 5.38. The minimum atomic E-state index is -1.02. The van der Waals surface area contributed by atoms with Gasteiger partial charge in [-0.3, -0.25) is 4.79 Å². The van der Waals surface area contributed by atoms with Crippen molar-refractivity contribution >= 4 is 17.6 Å². The number of hydrogen-bond donors (Lipinski definition) is 2. The molecule has 0 aliphatic heterocycles. The number of carboxylic acid groups (broad SMARTS) is 1. The summed E-state index contributed by atoms with van der Waals surface area (Å²) in [4.78, 5) is 11.3. The van der Waals surface area contributed by atoms with Crippen LogP contribution in [0, 0.1) is 0 Å². The van der Waals surface area contributed by atoms with E-state index in [0.29, 0.717) is 29.3 Å². The lowest BCUT2D eigenvalue weighted by atomic mass is 9.79. The van der Waals surface area contributed by atoms with Gasteiger partial charge in [0.2, 0.25) is 0 Å². The first-order valence-corrected chi connectivity index (χ1v) is 5.61. The fourth-order valence-corrected chi connectivity index (χ4v) is 1.93. The van der Waals surface area contributed by atoms with Gasteiger partial charge in [0.25, 0.3) is 0 Å². The molecule has 94 valence electrons. The maximum atomic E-state index is 11.3. The summed E-state index contributed by atoms with van der Waals surface area (Å²) in [5.41, 5.74) is 5.07. The molecule has 1 atom stereocenters. The highest BCUT2D eigenvalue weighted by molar-refractivity contribution is 6.32. The molecule has 0 spiro atoms. The minimum absolute atomic E-state index is 0.298. The molecule has 1 rings (SSSR count). The number of hydrogen-bond acceptors (Lipinski definition) is 3. The van der Waals surface area contributed by atoms with Gasteiger partial charge in [0, 0.05) is 0 Å². The quantitative estimate of drug-likeness (QED) is 0.847. The van der Waals surface area contributed by atoms with E-state index in [9.17, 15) is 9.90 Å². The maximum Gasteiger partial charge on any atom is 0.313 e. The Morgan fingerprint density at radius 3 is 2.65 bits per heavy atom. The number of benzene rings is 1. The molecule has 0 saturated carbocycles. The Bertz CT molecular complexity index is 422. The van der Waals surface area contributed by atoms with Crippen LogP contribution in [0.15, 0.2) is 18.2 Å². The molecule has 0 aliphatic rings. The largest absolute Gasteiger partial charge is 0.495 e. The van der Waals surface area contributed by atoms with Gasteiger partial charge in [-0.25, -0.2) is 0 Å². The molecule has 3 N–H and O–H groups in total. The highest BCUT2D eigenvalue weighted by Gasteiger charge is 2.34. The summed E-state index contributed by atoms with van der Waals surface area (Å²) in [6, 6.07) is 4.98. The number of rotatable bonds is 5. The summed E-state index contributed by atoms with van der Waals surface area (Å²) < 4.78 is 5.03. The minimum Gasteiger partial charge on any atom is -0.495 e. The zero-order valence-corrected chi connectivity index (χ0v) is 10.6. The molecule has 0 fully saturated rings. The second-order valence-corrected chi connectivity index (χ2v) is 4.43. The fourth-order valence-electron chi connectivity index (χ4n) is 1.67. The molecule has 5 heteroatoms. The van der Waals surface area contributed by atoms with E-state index in [4.69, 9.17) is 22.1 Å². The van der Waals surface area contributed by atoms with Crippen LogP contribution < -0.4 is 10.5 Å². The number of halogens is 1. The lowest BCUT2D eigenvalue weighted by Gasteiger charge is -2.25. The number of aliphatic carboxylic acids is 1. The van der Waals surface area contributed by atoms with Gasteiger partial charge in [0.15, 0.2) is 0 Å². The lowest BCUT2D eigenvalue weighted by Crippen LogP contribution is -2.34. The maximum absolute atomic E-state index is 11.3. The number of carboxylic acids is 1. The standard InChI is InChI=1S/C12H16ClNO3/c1-12(5-6-14,11(15)16)8-3-4-10(17-2)9(13)7-8/h3-4,7H,5-6,14H2,1-2H3,(H,15,16). The summed E-state index contributed by atoms with van der Waals surface area (Å²) in [6.45, 7) is 1.94. The van der Waals surface area contributed by atoms with Crippen molar-refractivity contribution in [3.63, 3.8) is 0 Å². The molecule has 0 amide bonds. The summed E-state index contributed by atoms with van der Waals surface area (Å²) in [6.07, 6.45) is 0.352. The van der Waals surface area contributed by atoms with Crippen LogP contribution >= 0.6 is 11.6 Å². The van der Waals surface area contributed by atoms with Crippen molar-refractivity contribution in [2.75, 3.05) is 13.7 Å². The predicted molar refractivity (Wildman–Crippen MR) is 66.7 cm³/mol. The Balaban J connectivity index is 3.20. The molecule has 0 saturated heterocycles. The molecule has 17 heavy (non-hydrogen) atoms. The third-order valence-corrected chi connectivity index (χ3v) is 3.20. The van der Waals surface area contributed by atoms with Crippen molar-refractivity contribution in [2.24, 2.45) is 5.73 Å². The molecule has 1 aromatic rings. The summed E-state index contributed by atoms with van der Waals surface area (Å²) in [5.74, 6) is -0.389. The van der Waals surface area contributed by atoms with Gasteiger partial charge in [0.1, 0.15) is 5.75 Å². The molecule has 0 radical (unpaired) electrons. The molecular formula is C12H16ClNO3. The topological polar surface area (TPSA) is 72.5 Å². The Hall–Kier alpha value is -1.26. The average molecular weight is 258 g/mol. The van der Waals surface area contributed by atoms with Crippen LogP contribution in [0.25, 0.3) is 0 Å². The number of carbonyl (C=O) groups is 1. The van der Waals surface area contributed by atoms with E-state index in [1.807, 2.05) is 0 Å². The van der Waals surface area contributed by atoms with Crippen molar-refractivity contribution in [1.82, 2.24) is 0 Å². The Kier molecular flexibility index (Phi) is 4.37. The monoisotopic (exact) mass is 257 g/mol. The van der Waals surface area contributed by atoms with Crippen molar-refractivity contribution in [1.29, 1.82) is 0 Å². The molecule has 1 aromatic carbocycles. The van der Waals surface area contributed by atoms with E-state index in [2.05, 4.69) is 0 Å². The van der Waals surface area contributed by atoms with E-state index in [0.717, 1.165) is 0 Å². The van der Waals surface area contributed by atoms with E-state index >= 15 is 0 Å². The van der Waals surface area contributed by atoms with Crippen LogP contribution in [0.3, 0.4) is 0 Å². The van der Waals surface area contributed by atoms with Gasteiger partial charge < -0.3 is 15.6 Å². The smallest absolute Gasteiger partial charge is 0.313 e. The van der Waals surface area contributed by atoms with Crippen LogP contribution in [0.5, 0.6) is 5.75 Å². The zero-order chi connectivity index (χ0) is 13.1. The molecule has 0 heterocycles. The van der Waals surface area contributed by atoms with Crippen LogP contribution in [-0.4, -0.2) is 24.7 Å². The van der Waals surface area contributed by atoms with Gasteiger partial charge >= 0.3 is 5.97 Å². The van der Waals surface area contributed by atoms with Crippen LogP contribution in [-0.2, 0) is 10.2 Å². The van der Waals surface area contributed by atoms with E-state index < -0.39 is 11.4 Å². The summed E-state index contributed by atoms with van der Waals surface area (Å²) in [7, 11) is 1.51. The third-order valence-electron chi connectivity index (χ3n) is 2.91. The zero-order valence-electron chi connectivity index (χ0n) is 9.87. The van der Waals surface area contributed by atoms with Gasteiger partial charge in [-0.1, -0.05) is 17.7 Å². The summed E-state index contributed by atoms with van der Waals surface area (Å²) >= 11 is 5.99. The molecule has 0 aromatic heterocycles. The van der Waals surface area contributed by atoms with Crippen LogP contribution in [0.2, 0.25) is 5.02 Å². The second-order valence-electron chi connectivity index (χ2n) is 4.03. The first-order valence-electron chi connectivity index (χ1n) is 5.23. The van der Waals surface area contributed by atoms with E-state index in [-0.39, 0.29) is 0 Å². The number of ether oxygens (including phenoxy) is 1. The first kappa shape index (κ1) is 13.8. The fraction of sp³-hybridized carbons (Fsp3) is 0.417.